The van der Waals surface area contributed by atoms with Gasteiger partial charge in [0, 0.05) is 30.9 Å². The monoisotopic (exact) mass is 307 g/mol. The van der Waals surface area contributed by atoms with Gasteiger partial charge in [0.1, 0.15) is 24.0 Å². The number of piperidine rings is 1. The van der Waals surface area contributed by atoms with Gasteiger partial charge in [-0.25, -0.2) is 24.9 Å². The van der Waals surface area contributed by atoms with E-state index < -0.39 is 0 Å². The molecule has 0 radical (unpaired) electrons. The van der Waals surface area contributed by atoms with Crippen molar-refractivity contribution in [1.82, 2.24) is 24.9 Å². The first kappa shape index (κ1) is 13.8. The van der Waals surface area contributed by atoms with E-state index >= 15 is 0 Å². The highest BCUT2D eigenvalue weighted by Gasteiger charge is 2.23. The van der Waals surface area contributed by atoms with Crippen molar-refractivity contribution >= 4 is 22.7 Å². The summed E-state index contributed by atoms with van der Waals surface area (Å²) in [6, 6.07) is 5.94. The maximum atomic E-state index is 5.92. The third kappa shape index (κ3) is 2.65. The van der Waals surface area contributed by atoms with E-state index in [0.717, 1.165) is 43.0 Å². The van der Waals surface area contributed by atoms with Crippen molar-refractivity contribution in [3.05, 3.63) is 42.7 Å². The van der Waals surface area contributed by atoms with Gasteiger partial charge in [-0.15, -0.1) is 0 Å². The molecule has 7 heteroatoms. The molecule has 0 aromatic carbocycles. The van der Waals surface area contributed by atoms with Crippen LogP contribution in [0.15, 0.2) is 37.1 Å². The summed E-state index contributed by atoms with van der Waals surface area (Å²) in [6.45, 7) is 1.87. The average Bonchev–Trinajstić information content (AvgIpc) is 2.63. The van der Waals surface area contributed by atoms with Gasteiger partial charge < -0.3 is 10.6 Å². The van der Waals surface area contributed by atoms with E-state index in [0.29, 0.717) is 17.3 Å². The van der Waals surface area contributed by atoms with Gasteiger partial charge in [0.15, 0.2) is 5.82 Å². The van der Waals surface area contributed by atoms with Crippen LogP contribution >= 0.6 is 0 Å². The molecular formula is C16H17N7. The van der Waals surface area contributed by atoms with Gasteiger partial charge in [0.25, 0.3) is 0 Å². The van der Waals surface area contributed by atoms with Crippen LogP contribution in [0.4, 0.5) is 11.6 Å². The van der Waals surface area contributed by atoms with Crippen LogP contribution in [-0.4, -0.2) is 38.0 Å². The Morgan fingerprint density at radius 3 is 2.91 bits per heavy atom. The summed E-state index contributed by atoms with van der Waals surface area (Å²) >= 11 is 0. The Kier molecular flexibility index (Phi) is 3.45. The van der Waals surface area contributed by atoms with Crippen molar-refractivity contribution < 1.29 is 0 Å². The van der Waals surface area contributed by atoms with E-state index in [2.05, 4.69) is 29.8 Å². The molecule has 1 aliphatic heterocycles. The van der Waals surface area contributed by atoms with Crippen molar-refractivity contribution in [3.8, 4) is 0 Å². The molecule has 0 saturated carbocycles. The van der Waals surface area contributed by atoms with Gasteiger partial charge >= 0.3 is 0 Å². The van der Waals surface area contributed by atoms with Crippen molar-refractivity contribution in [3.63, 3.8) is 0 Å². The molecule has 0 amide bonds. The SMILES string of the molecule is Nc1ncnc2ccc(N3CCCC(c4ccncn4)C3)nc12. The fourth-order valence-electron chi connectivity index (χ4n) is 3.09. The molecule has 3 aromatic heterocycles. The number of hydrogen-bond donors (Lipinski definition) is 1. The lowest BCUT2D eigenvalue weighted by atomic mass is 9.94. The number of nitrogen functional groups attached to an aromatic ring is 1. The predicted octanol–water partition coefficient (Wildman–Crippen LogP) is 1.78. The van der Waals surface area contributed by atoms with Crippen molar-refractivity contribution in [2.45, 2.75) is 18.8 Å². The van der Waals surface area contributed by atoms with E-state index in [9.17, 15) is 0 Å². The minimum Gasteiger partial charge on any atom is -0.382 e. The second kappa shape index (κ2) is 5.75. The van der Waals surface area contributed by atoms with Gasteiger partial charge in [-0.1, -0.05) is 0 Å². The minimum atomic E-state index is 0.397. The Balaban J connectivity index is 1.64. The van der Waals surface area contributed by atoms with E-state index in [4.69, 9.17) is 5.73 Å². The summed E-state index contributed by atoms with van der Waals surface area (Å²) in [6.07, 6.45) is 7.11. The fraction of sp³-hybridized carbons (Fsp3) is 0.312. The van der Waals surface area contributed by atoms with Crippen LogP contribution in [0.5, 0.6) is 0 Å². The lowest BCUT2D eigenvalue weighted by molar-refractivity contribution is 0.498. The molecule has 2 N–H and O–H groups in total. The quantitative estimate of drug-likeness (QED) is 0.771. The van der Waals surface area contributed by atoms with Gasteiger partial charge in [-0.2, -0.15) is 0 Å². The lowest BCUT2D eigenvalue weighted by Gasteiger charge is -2.33. The molecule has 1 fully saturated rings. The highest BCUT2D eigenvalue weighted by molar-refractivity contribution is 5.84. The van der Waals surface area contributed by atoms with E-state index in [1.165, 1.54) is 6.33 Å². The van der Waals surface area contributed by atoms with Crippen LogP contribution in [0.2, 0.25) is 0 Å². The van der Waals surface area contributed by atoms with Crippen LogP contribution in [0.1, 0.15) is 24.5 Å². The average molecular weight is 307 g/mol. The second-order valence-corrected chi connectivity index (χ2v) is 5.72. The first-order chi connectivity index (χ1) is 11.3. The zero-order chi connectivity index (χ0) is 15.6. The first-order valence-corrected chi connectivity index (χ1v) is 7.69. The normalized spacial score (nSPS) is 18.3. The van der Waals surface area contributed by atoms with Crippen molar-refractivity contribution in [2.24, 2.45) is 0 Å². The molecule has 0 bridgehead atoms. The topological polar surface area (TPSA) is 93.7 Å². The summed E-state index contributed by atoms with van der Waals surface area (Å²) < 4.78 is 0. The minimum absolute atomic E-state index is 0.397. The number of anilines is 2. The van der Waals surface area contributed by atoms with Crippen molar-refractivity contribution in [1.29, 1.82) is 0 Å². The predicted molar refractivity (Wildman–Crippen MR) is 88.0 cm³/mol. The molecule has 4 heterocycles. The Morgan fingerprint density at radius 2 is 2.04 bits per heavy atom. The summed E-state index contributed by atoms with van der Waals surface area (Å²) in [5.74, 6) is 1.73. The number of nitrogens with two attached hydrogens (primary N) is 1. The van der Waals surface area contributed by atoms with Crippen LogP contribution in [-0.2, 0) is 0 Å². The third-order valence-corrected chi connectivity index (χ3v) is 4.26. The third-order valence-electron chi connectivity index (χ3n) is 4.26. The van der Waals surface area contributed by atoms with E-state index in [1.807, 2.05) is 18.2 Å². The summed E-state index contributed by atoms with van der Waals surface area (Å²) in [7, 11) is 0. The summed E-state index contributed by atoms with van der Waals surface area (Å²) in [5, 5.41) is 0. The van der Waals surface area contributed by atoms with Crippen LogP contribution < -0.4 is 10.6 Å². The van der Waals surface area contributed by atoms with E-state index in [-0.39, 0.29) is 0 Å². The van der Waals surface area contributed by atoms with Gasteiger partial charge in [0.2, 0.25) is 0 Å². The van der Waals surface area contributed by atoms with Gasteiger partial charge in [0.05, 0.1) is 5.52 Å². The highest BCUT2D eigenvalue weighted by Crippen LogP contribution is 2.29. The standard InChI is InChI=1S/C16H17N7/c17-16-15-13(20-10-21-16)3-4-14(22-15)23-7-1-2-11(8-23)12-5-6-18-9-19-12/h3-6,9-11H,1-2,7-8H2,(H2,17,20,21). The molecule has 1 atom stereocenters. The fourth-order valence-corrected chi connectivity index (χ4v) is 3.09. The molecule has 7 nitrogen and oxygen atoms in total. The number of nitrogens with zero attached hydrogens (tertiary/aromatic N) is 6. The molecule has 1 unspecified atom stereocenters. The molecule has 3 aromatic rings. The molecular weight excluding hydrogens is 290 g/mol. The Morgan fingerprint density at radius 1 is 1.09 bits per heavy atom. The zero-order valence-corrected chi connectivity index (χ0v) is 12.6. The number of fused-ring (bicyclic) bond motifs is 1. The molecule has 1 saturated heterocycles. The van der Waals surface area contributed by atoms with Crippen LogP contribution in [0.25, 0.3) is 11.0 Å². The summed E-state index contributed by atoms with van der Waals surface area (Å²) in [5.41, 5.74) is 8.45. The number of hydrogen-bond acceptors (Lipinski definition) is 7. The van der Waals surface area contributed by atoms with Crippen LogP contribution in [0.3, 0.4) is 0 Å². The number of rotatable bonds is 2. The Hall–Kier alpha value is -2.83. The maximum Gasteiger partial charge on any atom is 0.153 e. The molecule has 0 aliphatic carbocycles. The largest absolute Gasteiger partial charge is 0.382 e. The Bertz CT molecular complexity index is 821. The maximum absolute atomic E-state index is 5.92. The number of aromatic nitrogens is 5. The highest BCUT2D eigenvalue weighted by atomic mass is 15.2. The molecule has 4 rings (SSSR count). The van der Waals surface area contributed by atoms with Gasteiger partial charge in [-0.3, -0.25) is 0 Å². The molecule has 23 heavy (non-hydrogen) atoms. The number of pyridine rings is 1. The molecule has 116 valence electrons. The zero-order valence-electron chi connectivity index (χ0n) is 12.6. The second-order valence-electron chi connectivity index (χ2n) is 5.72. The van der Waals surface area contributed by atoms with Crippen molar-refractivity contribution in [2.75, 3.05) is 23.7 Å². The van der Waals surface area contributed by atoms with E-state index in [1.54, 1.807) is 12.5 Å². The molecule has 0 spiro atoms. The smallest absolute Gasteiger partial charge is 0.153 e. The first-order valence-electron chi connectivity index (χ1n) is 7.69. The van der Waals surface area contributed by atoms with Gasteiger partial charge in [-0.05, 0) is 31.0 Å². The van der Waals surface area contributed by atoms with Crippen LogP contribution in [0, 0.1) is 0 Å². The summed E-state index contributed by atoms with van der Waals surface area (Å²) in [4.78, 5) is 23.6. The molecule has 1 aliphatic rings. The Labute approximate surface area is 133 Å². The lowest BCUT2D eigenvalue weighted by Crippen LogP contribution is -2.35.